The lowest BCUT2D eigenvalue weighted by Crippen LogP contribution is -2.54. The van der Waals surface area contributed by atoms with Crippen molar-refractivity contribution < 1.29 is 43.0 Å². The van der Waals surface area contributed by atoms with Crippen LogP contribution in [-0.2, 0) is 43.0 Å². The first-order valence-corrected chi connectivity index (χ1v) is 10.4. The Kier molecular flexibility index (Phi) is 12.5. The molecule has 182 valence electrons. The summed E-state index contributed by atoms with van der Waals surface area (Å²) in [6.45, 7) is 16.9. The number of esters is 3. The van der Waals surface area contributed by atoms with Crippen molar-refractivity contribution in [1.29, 1.82) is 0 Å². The van der Waals surface area contributed by atoms with Crippen LogP contribution in [0, 0.1) is 5.41 Å². The van der Waals surface area contributed by atoms with Crippen molar-refractivity contribution >= 4 is 36.8 Å². The van der Waals surface area contributed by atoms with Gasteiger partial charge in [0.25, 0.3) is 0 Å². The van der Waals surface area contributed by atoms with Gasteiger partial charge in [-0.1, -0.05) is 26.7 Å². The van der Waals surface area contributed by atoms with E-state index in [0.717, 1.165) is 0 Å². The molecule has 33 heavy (non-hydrogen) atoms. The fourth-order valence-electron chi connectivity index (χ4n) is 3.47. The molecule has 0 saturated carbocycles. The standard InChI is InChI=1S/C24H32O9/c1-8-24(18(5)31-21(28)15(2)9-12-25,19(6)32-22(29)16(3)10-13-26)20(7)33-23(30)17(4)11-14-27/h12-14,18-20H,2-4,8-11H2,1,5-7H3. The van der Waals surface area contributed by atoms with Crippen molar-refractivity contribution in [3.05, 3.63) is 36.5 Å². The maximum atomic E-state index is 12.4. The van der Waals surface area contributed by atoms with Gasteiger partial charge in [0.05, 0.1) is 5.41 Å². The van der Waals surface area contributed by atoms with Gasteiger partial charge >= 0.3 is 17.9 Å². The van der Waals surface area contributed by atoms with Gasteiger partial charge in [-0.3, -0.25) is 0 Å². The van der Waals surface area contributed by atoms with Gasteiger partial charge in [0.2, 0.25) is 0 Å². The summed E-state index contributed by atoms with van der Waals surface area (Å²) in [7, 11) is 0. The molecule has 9 heteroatoms. The van der Waals surface area contributed by atoms with Crippen LogP contribution in [-0.4, -0.2) is 55.1 Å². The van der Waals surface area contributed by atoms with E-state index in [1.165, 1.54) is 20.8 Å². The summed E-state index contributed by atoms with van der Waals surface area (Å²) >= 11 is 0. The van der Waals surface area contributed by atoms with Crippen LogP contribution in [0.25, 0.3) is 0 Å². The Labute approximate surface area is 193 Å². The summed E-state index contributed by atoms with van der Waals surface area (Å²) in [6.07, 6.45) is -1.89. The van der Waals surface area contributed by atoms with Crippen molar-refractivity contribution in [3.8, 4) is 0 Å². The zero-order chi connectivity index (χ0) is 25.8. The molecule has 0 fully saturated rings. The Morgan fingerprint density at radius 1 is 0.667 bits per heavy atom. The molecule has 0 aromatic heterocycles. The lowest BCUT2D eigenvalue weighted by Gasteiger charge is -2.45. The van der Waals surface area contributed by atoms with Crippen LogP contribution < -0.4 is 0 Å². The fourth-order valence-corrected chi connectivity index (χ4v) is 3.47. The Hall–Kier alpha value is -3.36. The first kappa shape index (κ1) is 29.6. The van der Waals surface area contributed by atoms with Gasteiger partial charge in [-0.05, 0) is 27.2 Å². The Morgan fingerprint density at radius 2 is 0.909 bits per heavy atom. The zero-order valence-electron chi connectivity index (χ0n) is 19.6. The molecule has 0 radical (unpaired) electrons. The van der Waals surface area contributed by atoms with Gasteiger partial charge < -0.3 is 28.6 Å². The van der Waals surface area contributed by atoms with E-state index in [1.807, 2.05) is 0 Å². The number of aldehydes is 3. The third kappa shape index (κ3) is 7.93. The van der Waals surface area contributed by atoms with Crippen LogP contribution in [0.2, 0.25) is 0 Å². The highest BCUT2D eigenvalue weighted by atomic mass is 16.6. The fraction of sp³-hybridized carbons (Fsp3) is 0.500. The second kappa shape index (κ2) is 13.9. The van der Waals surface area contributed by atoms with E-state index in [4.69, 9.17) is 14.2 Å². The van der Waals surface area contributed by atoms with Crippen molar-refractivity contribution in [3.63, 3.8) is 0 Å². The second-order valence-corrected chi connectivity index (χ2v) is 7.53. The third-order valence-electron chi connectivity index (χ3n) is 5.59. The van der Waals surface area contributed by atoms with Gasteiger partial charge in [-0.25, -0.2) is 14.4 Å². The first-order valence-electron chi connectivity index (χ1n) is 10.4. The maximum Gasteiger partial charge on any atom is 0.334 e. The topological polar surface area (TPSA) is 130 Å². The van der Waals surface area contributed by atoms with Gasteiger partial charge in [-0.2, -0.15) is 0 Å². The minimum atomic E-state index is -1.26. The van der Waals surface area contributed by atoms with Crippen LogP contribution >= 0.6 is 0 Å². The van der Waals surface area contributed by atoms with Crippen molar-refractivity contribution in [1.82, 2.24) is 0 Å². The monoisotopic (exact) mass is 464 g/mol. The number of hydrogen-bond acceptors (Lipinski definition) is 9. The third-order valence-corrected chi connectivity index (χ3v) is 5.59. The van der Waals surface area contributed by atoms with Crippen LogP contribution in [0.15, 0.2) is 36.5 Å². The number of carbonyl (C=O) groups excluding carboxylic acids is 6. The molecule has 0 aromatic carbocycles. The molecular formula is C24H32O9. The normalized spacial score (nSPS) is 14.9. The van der Waals surface area contributed by atoms with Gasteiger partial charge in [0.15, 0.2) is 0 Å². The average Bonchev–Trinajstić information content (AvgIpc) is 2.74. The molecule has 0 aliphatic rings. The summed E-state index contributed by atoms with van der Waals surface area (Å²) in [5.74, 6) is -2.50. The van der Waals surface area contributed by atoms with Crippen molar-refractivity contribution in [2.45, 2.75) is 71.7 Å². The summed E-state index contributed by atoms with van der Waals surface area (Å²) in [5.41, 5.74) is -1.48. The van der Waals surface area contributed by atoms with E-state index in [-0.39, 0.29) is 42.4 Å². The largest absolute Gasteiger partial charge is 0.458 e. The van der Waals surface area contributed by atoms with Crippen LogP contribution in [0.3, 0.4) is 0 Å². The Balaban J connectivity index is 6.11. The minimum absolute atomic E-state index is 0.0742. The molecule has 3 atom stereocenters. The average molecular weight is 465 g/mol. The summed E-state index contributed by atoms with van der Waals surface area (Å²) in [4.78, 5) is 69.2. The minimum Gasteiger partial charge on any atom is -0.458 e. The SMILES string of the molecule is C=C(CC=O)C(=O)OC(C)C(CC)(C(C)OC(=O)C(=C)CC=O)C(C)OC(=O)C(=C)CC=O. The highest BCUT2D eigenvalue weighted by Crippen LogP contribution is 2.41. The molecule has 0 aliphatic carbocycles. The Bertz CT molecular complexity index is 706. The molecule has 0 aromatic rings. The van der Waals surface area contributed by atoms with E-state index in [9.17, 15) is 28.8 Å². The van der Waals surface area contributed by atoms with E-state index >= 15 is 0 Å². The van der Waals surface area contributed by atoms with E-state index in [1.54, 1.807) is 6.92 Å². The highest BCUT2D eigenvalue weighted by molar-refractivity contribution is 5.92. The van der Waals surface area contributed by atoms with E-state index in [2.05, 4.69) is 19.7 Å². The van der Waals surface area contributed by atoms with Gasteiger partial charge in [0.1, 0.15) is 37.2 Å². The molecular weight excluding hydrogens is 432 g/mol. The molecule has 0 saturated heterocycles. The van der Waals surface area contributed by atoms with Crippen LogP contribution in [0.1, 0.15) is 53.4 Å². The van der Waals surface area contributed by atoms with Crippen LogP contribution in [0.5, 0.6) is 0 Å². The number of hydrogen-bond donors (Lipinski definition) is 0. The molecule has 0 aliphatic heterocycles. The van der Waals surface area contributed by atoms with Gasteiger partial charge in [-0.15, -0.1) is 0 Å². The summed E-state index contributed by atoms with van der Waals surface area (Å²) < 4.78 is 16.5. The number of rotatable bonds is 16. The molecule has 0 rings (SSSR count). The van der Waals surface area contributed by atoms with E-state index in [0.29, 0.717) is 18.9 Å². The maximum absolute atomic E-state index is 12.4. The first-order chi connectivity index (χ1) is 15.4. The zero-order valence-corrected chi connectivity index (χ0v) is 19.6. The quantitative estimate of drug-likeness (QED) is 0.146. The molecule has 0 amide bonds. The lowest BCUT2D eigenvalue weighted by molar-refractivity contribution is -0.191. The number of carbonyl (C=O) groups is 6. The number of ether oxygens (including phenoxy) is 3. The van der Waals surface area contributed by atoms with E-state index < -0.39 is 41.6 Å². The second-order valence-electron chi connectivity index (χ2n) is 7.53. The Morgan fingerprint density at radius 3 is 1.09 bits per heavy atom. The summed E-state index contributed by atoms with van der Waals surface area (Å²) in [5, 5.41) is 0. The van der Waals surface area contributed by atoms with Crippen molar-refractivity contribution in [2.75, 3.05) is 0 Å². The lowest BCUT2D eigenvalue weighted by atomic mass is 9.71. The van der Waals surface area contributed by atoms with Crippen LogP contribution in [0.4, 0.5) is 0 Å². The predicted molar refractivity (Wildman–Crippen MR) is 119 cm³/mol. The molecule has 3 unspecified atom stereocenters. The van der Waals surface area contributed by atoms with Gasteiger partial charge in [0, 0.05) is 36.0 Å². The highest BCUT2D eigenvalue weighted by Gasteiger charge is 2.51. The predicted octanol–water partition coefficient (Wildman–Crippen LogP) is 2.61. The molecule has 9 nitrogen and oxygen atoms in total. The molecule has 0 N–H and O–H groups in total. The summed E-state index contributed by atoms with van der Waals surface area (Å²) in [6, 6.07) is 0. The van der Waals surface area contributed by atoms with Crippen molar-refractivity contribution in [2.24, 2.45) is 5.41 Å². The smallest absolute Gasteiger partial charge is 0.334 e. The molecule has 0 bridgehead atoms. The molecule has 0 heterocycles. The molecule has 0 spiro atoms.